The van der Waals surface area contributed by atoms with Gasteiger partial charge < -0.3 is 15.4 Å². The highest BCUT2D eigenvalue weighted by Gasteiger charge is 2.52. The van der Waals surface area contributed by atoms with Crippen LogP contribution in [0.3, 0.4) is 0 Å². The van der Waals surface area contributed by atoms with Gasteiger partial charge in [0, 0.05) is 18.7 Å². The third-order valence-electron chi connectivity index (χ3n) is 5.16. The highest BCUT2D eigenvalue weighted by molar-refractivity contribution is 5.94. The minimum Gasteiger partial charge on any atom is -0.458 e. The molecule has 1 unspecified atom stereocenters. The Morgan fingerprint density at radius 2 is 1.73 bits per heavy atom. The monoisotopic (exact) mass is 362 g/mol. The molecule has 2 aliphatic rings. The minimum absolute atomic E-state index is 0.119. The highest BCUT2D eigenvalue weighted by atomic mass is 19.1. The van der Waals surface area contributed by atoms with E-state index in [9.17, 15) is 18.8 Å². The number of rotatable bonds is 5. The summed E-state index contributed by atoms with van der Waals surface area (Å²) < 4.78 is 18.4. The molecular weight excluding hydrogens is 339 g/mol. The Kier molecular flexibility index (Phi) is 5.54. The van der Waals surface area contributed by atoms with Crippen molar-refractivity contribution in [3.05, 3.63) is 35.6 Å². The SMILES string of the molecule is O=C1CC(C(=O)NCCNC(=O)c2ccc(F)cc2)C2(CCCCC2)O1. The number of ether oxygens (including phenoxy) is 1. The number of nitrogens with one attached hydrogen (secondary N) is 2. The lowest BCUT2D eigenvalue weighted by Gasteiger charge is -2.36. The first kappa shape index (κ1) is 18.4. The van der Waals surface area contributed by atoms with Crippen molar-refractivity contribution in [1.82, 2.24) is 10.6 Å². The average Bonchev–Trinajstić information content (AvgIpc) is 2.95. The topological polar surface area (TPSA) is 84.5 Å². The highest BCUT2D eigenvalue weighted by Crippen LogP contribution is 2.44. The van der Waals surface area contributed by atoms with Gasteiger partial charge in [-0.25, -0.2) is 4.39 Å². The molecule has 0 aromatic heterocycles. The smallest absolute Gasteiger partial charge is 0.307 e. The Labute approximate surface area is 151 Å². The van der Waals surface area contributed by atoms with Crippen molar-refractivity contribution in [1.29, 1.82) is 0 Å². The predicted octanol–water partition coefficient (Wildman–Crippen LogP) is 1.94. The molecule has 26 heavy (non-hydrogen) atoms. The molecule has 1 aromatic carbocycles. The average molecular weight is 362 g/mol. The van der Waals surface area contributed by atoms with Crippen molar-refractivity contribution in [3.8, 4) is 0 Å². The molecule has 6 nitrogen and oxygen atoms in total. The molecule has 1 saturated carbocycles. The van der Waals surface area contributed by atoms with Gasteiger partial charge in [-0.1, -0.05) is 6.42 Å². The Balaban J connectivity index is 1.47. The molecule has 1 aromatic rings. The molecule has 0 bridgehead atoms. The second-order valence-electron chi connectivity index (χ2n) is 6.91. The fourth-order valence-corrected chi connectivity index (χ4v) is 3.81. The Morgan fingerprint density at radius 3 is 2.42 bits per heavy atom. The van der Waals surface area contributed by atoms with Crippen LogP contribution in [0.25, 0.3) is 0 Å². The number of hydrogen-bond acceptors (Lipinski definition) is 4. The summed E-state index contributed by atoms with van der Waals surface area (Å²) in [6, 6.07) is 5.24. The number of carbonyl (C=O) groups excluding carboxylic acids is 3. The summed E-state index contributed by atoms with van der Waals surface area (Å²) in [7, 11) is 0. The van der Waals surface area contributed by atoms with E-state index in [4.69, 9.17) is 4.74 Å². The van der Waals surface area contributed by atoms with Gasteiger partial charge in [0.1, 0.15) is 11.4 Å². The maximum Gasteiger partial charge on any atom is 0.307 e. The summed E-state index contributed by atoms with van der Waals surface area (Å²) >= 11 is 0. The summed E-state index contributed by atoms with van der Waals surface area (Å²) in [5, 5.41) is 5.46. The van der Waals surface area contributed by atoms with Crippen LogP contribution in [0.4, 0.5) is 4.39 Å². The zero-order valence-corrected chi connectivity index (χ0v) is 14.6. The number of benzene rings is 1. The van der Waals surface area contributed by atoms with Crippen molar-refractivity contribution in [2.24, 2.45) is 5.92 Å². The lowest BCUT2D eigenvalue weighted by molar-refractivity contribution is -0.153. The molecule has 7 heteroatoms. The predicted molar refractivity (Wildman–Crippen MR) is 91.8 cm³/mol. The van der Waals surface area contributed by atoms with Crippen LogP contribution in [0.5, 0.6) is 0 Å². The van der Waals surface area contributed by atoms with E-state index in [-0.39, 0.29) is 37.3 Å². The van der Waals surface area contributed by atoms with Crippen LogP contribution in [0, 0.1) is 11.7 Å². The first-order valence-corrected chi connectivity index (χ1v) is 9.03. The fourth-order valence-electron chi connectivity index (χ4n) is 3.81. The summed E-state index contributed by atoms with van der Waals surface area (Å²) in [5.74, 6) is -1.70. The molecule has 140 valence electrons. The summed E-state index contributed by atoms with van der Waals surface area (Å²) in [6.07, 6.45) is 4.61. The third-order valence-corrected chi connectivity index (χ3v) is 5.16. The summed E-state index contributed by atoms with van der Waals surface area (Å²) in [4.78, 5) is 36.2. The van der Waals surface area contributed by atoms with E-state index in [1.807, 2.05) is 0 Å². The third kappa shape index (κ3) is 4.03. The van der Waals surface area contributed by atoms with Crippen LogP contribution in [0.15, 0.2) is 24.3 Å². The van der Waals surface area contributed by atoms with Gasteiger partial charge in [0.05, 0.1) is 12.3 Å². The first-order chi connectivity index (χ1) is 12.5. The lowest BCUT2D eigenvalue weighted by Crippen LogP contribution is -2.47. The fraction of sp³-hybridized carbons (Fsp3) is 0.526. The van der Waals surface area contributed by atoms with Crippen LogP contribution in [-0.2, 0) is 14.3 Å². The number of esters is 1. The number of halogens is 1. The van der Waals surface area contributed by atoms with E-state index in [0.29, 0.717) is 5.56 Å². The van der Waals surface area contributed by atoms with Gasteiger partial charge in [0.2, 0.25) is 5.91 Å². The largest absolute Gasteiger partial charge is 0.458 e. The van der Waals surface area contributed by atoms with Gasteiger partial charge in [-0.2, -0.15) is 0 Å². The van der Waals surface area contributed by atoms with Gasteiger partial charge in [-0.15, -0.1) is 0 Å². The second kappa shape index (κ2) is 7.85. The second-order valence-corrected chi connectivity index (χ2v) is 6.91. The van der Waals surface area contributed by atoms with Gasteiger partial charge in [0.25, 0.3) is 5.91 Å². The number of hydrogen-bond donors (Lipinski definition) is 2. The summed E-state index contributed by atoms with van der Waals surface area (Å²) in [6.45, 7) is 0.503. The Morgan fingerprint density at radius 1 is 1.08 bits per heavy atom. The normalized spacial score (nSPS) is 21.3. The molecule has 2 N–H and O–H groups in total. The van der Waals surface area contributed by atoms with Crippen LogP contribution in [0.2, 0.25) is 0 Å². The van der Waals surface area contributed by atoms with Crippen molar-refractivity contribution < 1.29 is 23.5 Å². The molecule has 3 rings (SSSR count). The van der Waals surface area contributed by atoms with Gasteiger partial charge in [-0.3, -0.25) is 14.4 Å². The van der Waals surface area contributed by atoms with Crippen LogP contribution < -0.4 is 10.6 Å². The molecule has 1 spiro atoms. The van der Waals surface area contributed by atoms with Crippen LogP contribution in [0.1, 0.15) is 48.9 Å². The molecule has 2 amide bonds. The van der Waals surface area contributed by atoms with Crippen molar-refractivity contribution >= 4 is 17.8 Å². The molecule has 1 aliphatic carbocycles. The van der Waals surface area contributed by atoms with Gasteiger partial charge >= 0.3 is 5.97 Å². The van der Waals surface area contributed by atoms with E-state index >= 15 is 0 Å². The minimum atomic E-state index is -0.642. The van der Waals surface area contributed by atoms with E-state index < -0.39 is 17.3 Å². The summed E-state index contributed by atoms with van der Waals surface area (Å²) in [5.41, 5.74) is -0.287. The van der Waals surface area contributed by atoms with E-state index in [2.05, 4.69) is 10.6 Å². The quantitative estimate of drug-likeness (QED) is 0.619. The zero-order valence-electron chi connectivity index (χ0n) is 14.6. The van der Waals surface area contributed by atoms with E-state index in [0.717, 1.165) is 32.1 Å². The van der Waals surface area contributed by atoms with Crippen LogP contribution in [-0.4, -0.2) is 36.5 Å². The van der Waals surface area contributed by atoms with Crippen molar-refractivity contribution in [3.63, 3.8) is 0 Å². The lowest BCUT2D eigenvalue weighted by atomic mass is 9.75. The number of amides is 2. The molecule has 1 atom stereocenters. The molecule has 0 radical (unpaired) electrons. The van der Waals surface area contributed by atoms with E-state index in [1.54, 1.807) is 0 Å². The van der Waals surface area contributed by atoms with Crippen LogP contribution >= 0.6 is 0 Å². The first-order valence-electron chi connectivity index (χ1n) is 9.03. The molecular formula is C19H23FN2O4. The zero-order chi connectivity index (χ0) is 18.6. The maximum absolute atomic E-state index is 12.9. The maximum atomic E-state index is 12.9. The Bertz CT molecular complexity index is 683. The molecule has 2 fully saturated rings. The van der Waals surface area contributed by atoms with Gasteiger partial charge in [-0.05, 0) is 49.9 Å². The Hall–Kier alpha value is -2.44. The van der Waals surface area contributed by atoms with Crippen molar-refractivity contribution in [2.75, 3.05) is 13.1 Å². The van der Waals surface area contributed by atoms with Gasteiger partial charge in [0.15, 0.2) is 0 Å². The van der Waals surface area contributed by atoms with Crippen molar-refractivity contribution in [2.45, 2.75) is 44.1 Å². The standard InChI is InChI=1S/C19H23FN2O4/c20-14-6-4-13(5-7-14)17(24)21-10-11-22-18(25)15-12-16(23)26-19(15)8-2-1-3-9-19/h4-7,15H,1-3,8-12H2,(H,21,24)(H,22,25). The number of carbonyl (C=O) groups is 3. The van der Waals surface area contributed by atoms with E-state index in [1.165, 1.54) is 24.3 Å². The molecule has 1 heterocycles. The molecule has 1 saturated heterocycles. The molecule has 1 aliphatic heterocycles.